The van der Waals surface area contributed by atoms with Gasteiger partial charge in [0, 0.05) is 6.54 Å². The lowest BCUT2D eigenvalue weighted by Gasteiger charge is -2.08. The lowest BCUT2D eigenvalue weighted by molar-refractivity contribution is 0.584. The number of nitrogens with one attached hydrogen (secondary N) is 1. The number of nitrogens with zero attached hydrogens (tertiary/aromatic N) is 1. The van der Waals surface area contributed by atoms with Gasteiger partial charge in [-0.15, -0.1) is 0 Å². The van der Waals surface area contributed by atoms with Crippen LogP contribution in [0.2, 0.25) is 0 Å². The molecule has 0 amide bonds. The monoisotopic (exact) mass is 234 g/mol. The Morgan fingerprint density at radius 1 is 1.18 bits per heavy atom. The predicted octanol–water partition coefficient (Wildman–Crippen LogP) is 3.28. The fourth-order valence-electron chi connectivity index (χ4n) is 1.54. The summed E-state index contributed by atoms with van der Waals surface area (Å²) in [7, 11) is 0. The molecule has 17 heavy (non-hydrogen) atoms. The second-order valence-electron chi connectivity index (χ2n) is 3.79. The van der Waals surface area contributed by atoms with Gasteiger partial charge in [0.2, 0.25) is 5.95 Å². The fourth-order valence-corrected chi connectivity index (χ4v) is 1.54. The Morgan fingerprint density at radius 2 is 2.00 bits per heavy atom. The maximum Gasteiger partial charge on any atom is 0.212 e. The molecule has 0 radical (unpaired) electrons. The van der Waals surface area contributed by atoms with Crippen molar-refractivity contribution in [3.8, 4) is 0 Å². The second kappa shape index (κ2) is 4.91. The third-order valence-corrected chi connectivity index (χ3v) is 2.51. The van der Waals surface area contributed by atoms with Gasteiger partial charge in [0.25, 0.3) is 0 Å². The van der Waals surface area contributed by atoms with E-state index in [0.29, 0.717) is 6.54 Å². The van der Waals surface area contributed by atoms with Crippen LogP contribution in [0.5, 0.6) is 0 Å². The molecule has 0 aliphatic rings. The van der Waals surface area contributed by atoms with Gasteiger partial charge in [0.1, 0.15) is 5.82 Å². The van der Waals surface area contributed by atoms with E-state index in [0.717, 1.165) is 16.8 Å². The van der Waals surface area contributed by atoms with Crippen LogP contribution < -0.4 is 5.32 Å². The number of anilines is 1. The van der Waals surface area contributed by atoms with Crippen LogP contribution in [-0.4, -0.2) is 4.98 Å². The summed E-state index contributed by atoms with van der Waals surface area (Å²) in [4.78, 5) is 3.54. The Hall–Kier alpha value is -1.97. The smallest absolute Gasteiger partial charge is 0.212 e. The first-order valence-corrected chi connectivity index (χ1v) is 5.25. The van der Waals surface area contributed by atoms with Gasteiger partial charge in [0.15, 0.2) is 0 Å². The van der Waals surface area contributed by atoms with Crippen LogP contribution in [0.1, 0.15) is 11.1 Å². The lowest BCUT2D eigenvalue weighted by atomic mass is 10.1. The highest BCUT2D eigenvalue weighted by molar-refractivity contribution is 5.41. The van der Waals surface area contributed by atoms with Crippen molar-refractivity contribution in [1.29, 1.82) is 0 Å². The SMILES string of the molecule is Cc1cc(F)ccc1CNc1ccc(F)nc1. The normalized spacial score (nSPS) is 10.3. The van der Waals surface area contributed by atoms with Gasteiger partial charge in [0.05, 0.1) is 11.9 Å². The van der Waals surface area contributed by atoms with Crippen LogP contribution in [0.4, 0.5) is 14.5 Å². The molecule has 0 bridgehead atoms. The molecule has 0 atom stereocenters. The largest absolute Gasteiger partial charge is 0.380 e. The molecule has 2 rings (SSSR count). The van der Waals surface area contributed by atoms with E-state index < -0.39 is 5.95 Å². The van der Waals surface area contributed by atoms with Crippen molar-refractivity contribution in [3.05, 3.63) is 59.4 Å². The first-order valence-electron chi connectivity index (χ1n) is 5.25. The molecule has 1 aromatic carbocycles. The van der Waals surface area contributed by atoms with Gasteiger partial charge in [-0.2, -0.15) is 4.39 Å². The molecule has 0 fully saturated rings. The average molecular weight is 234 g/mol. The molecule has 0 unspecified atom stereocenters. The van der Waals surface area contributed by atoms with E-state index in [9.17, 15) is 8.78 Å². The Morgan fingerprint density at radius 3 is 2.65 bits per heavy atom. The molecular formula is C13H12F2N2. The Balaban J connectivity index is 2.04. The van der Waals surface area contributed by atoms with Gasteiger partial charge in [-0.3, -0.25) is 0 Å². The first-order chi connectivity index (χ1) is 8.15. The molecule has 0 aliphatic heterocycles. The summed E-state index contributed by atoms with van der Waals surface area (Å²) >= 11 is 0. The van der Waals surface area contributed by atoms with Gasteiger partial charge in [-0.25, -0.2) is 9.37 Å². The summed E-state index contributed by atoms with van der Waals surface area (Å²) in [6.07, 6.45) is 1.42. The van der Waals surface area contributed by atoms with Crippen LogP contribution in [0.3, 0.4) is 0 Å². The van der Waals surface area contributed by atoms with Gasteiger partial charge in [-0.1, -0.05) is 6.07 Å². The van der Waals surface area contributed by atoms with Crippen LogP contribution in [0.25, 0.3) is 0 Å². The van der Waals surface area contributed by atoms with Crippen molar-refractivity contribution in [2.75, 3.05) is 5.32 Å². The van der Waals surface area contributed by atoms with Crippen LogP contribution in [-0.2, 0) is 6.54 Å². The van der Waals surface area contributed by atoms with E-state index in [-0.39, 0.29) is 5.82 Å². The summed E-state index contributed by atoms with van der Waals surface area (Å²) in [5.74, 6) is -0.747. The topological polar surface area (TPSA) is 24.9 Å². The summed E-state index contributed by atoms with van der Waals surface area (Å²) < 4.78 is 25.5. The number of halogens is 2. The van der Waals surface area contributed by atoms with E-state index >= 15 is 0 Å². The van der Waals surface area contributed by atoms with E-state index in [4.69, 9.17) is 0 Å². The molecule has 88 valence electrons. The fraction of sp³-hybridized carbons (Fsp3) is 0.154. The van der Waals surface area contributed by atoms with Crippen LogP contribution in [0.15, 0.2) is 36.5 Å². The Bertz CT molecular complexity index is 509. The number of benzene rings is 1. The number of hydrogen-bond acceptors (Lipinski definition) is 2. The van der Waals surface area contributed by atoms with E-state index in [1.807, 2.05) is 6.92 Å². The number of hydrogen-bond donors (Lipinski definition) is 1. The molecule has 2 aromatic rings. The minimum atomic E-state index is -0.506. The molecule has 4 heteroatoms. The van der Waals surface area contributed by atoms with Crippen LogP contribution in [0, 0.1) is 18.7 Å². The van der Waals surface area contributed by atoms with E-state index in [2.05, 4.69) is 10.3 Å². The molecule has 2 nitrogen and oxygen atoms in total. The van der Waals surface area contributed by atoms with Gasteiger partial charge >= 0.3 is 0 Å². The highest BCUT2D eigenvalue weighted by atomic mass is 19.1. The lowest BCUT2D eigenvalue weighted by Crippen LogP contribution is -2.02. The molecule has 0 spiro atoms. The Labute approximate surface area is 98.3 Å². The average Bonchev–Trinajstić information content (AvgIpc) is 2.30. The quantitative estimate of drug-likeness (QED) is 0.824. The zero-order chi connectivity index (χ0) is 12.3. The van der Waals surface area contributed by atoms with Crippen molar-refractivity contribution in [3.63, 3.8) is 0 Å². The Kier molecular flexibility index (Phi) is 3.32. The summed E-state index contributed by atoms with van der Waals surface area (Å²) in [5.41, 5.74) is 2.61. The first kappa shape index (κ1) is 11.5. The van der Waals surface area contributed by atoms with Crippen molar-refractivity contribution in [1.82, 2.24) is 4.98 Å². The molecule has 1 aromatic heterocycles. The number of pyridine rings is 1. The summed E-state index contributed by atoms with van der Waals surface area (Å²) in [5, 5.41) is 3.10. The van der Waals surface area contributed by atoms with Crippen molar-refractivity contribution in [2.45, 2.75) is 13.5 Å². The maximum absolute atomic E-state index is 12.9. The molecule has 0 saturated heterocycles. The highest BCUT2D eigenvalue weighted by Gasteiger charge is 2.00. The summed E-state index contributed by atoms with van der Waals surface area (Å²) in [6.45, 7) is 2.41. The predicted molar refractivity (Wildman–Crippen MR) is 62.7 cm³/mol. The van der Waals surface area contributed by atoms with E-state index in [1.165, 1.54) is 24.4 Å². The highest BCUT2D eigenvalue weighted by Crippen LogP contribution is 2.13. The number of aromatic nitrogens is 1. The molecule has 0 saturated carbocycles. The van der Waals surface area contributed by atoms with Gasteiger partial charge < -0.3 is 5.32 Å². The zero-order valence-corrected chi connectivity index (χ0v) is 9.37. The number of rotatable bonds is 3. The van der Waals surface area contributed by atoms with Crippen molar-refractivity contribution < 1.29 is 8.78 Å². The third kappa shape index (κ3) is 3.00. The molecule has 1 heterocycles. The number of aryl methyl sites for hydroxylation is 1. The standard InChI is InChI=1S/C13H12F2N2/c1-9-6-11(14)3-2-10(9)7-16-12-4-5-13(15)17-8-12/h2-6,8,16H,7H2,1H3. The molecule has 0 aliphatic carbocycles. The molecule has 1 N–H and O–H groups in total. The summed E-state index contributed by atoms with van der Waals surface area (Å²) in [6, 6.07) is 7.54. The third-order valence-electron chi connectivity index (χ3n) is 2.51. The zero-order valence-electron chi connectivity index (χ0n) is 9.37. The maximum atomic E-state index is 12.9. The second-order valence-corrected chi connectivity index (χ2v) is 3.79. The van der Waals surface area contributed by atoms with Crippen molar-refractivity contribution >= 4 is 5.69 Å². The molecular weight excluding hydrogens is 222 g/mol. The van der Waals surface area contributed by atoms with Crippen LogP contribution >= 0.6 is 0 Å². The minimum absolute atomic E-state index is 0.241. The minimum Gasteiger partial charge on any atom is -0.380 e. The van der Waals surface area contributed by atoms with E-state index in [1.54, 1.807) is 12.1 Å². The van der Waals surface area contributed by atoms with Crippen molar-refractivity contribution in [2.24, 2.45) is 0 Å². The van der Waals surface area contributed by atoms with Gasteiger partial charge in [-0.05, 0) is 42.3 Å².